The van der Waals surface area contributed by atoms with E-state index in [0.717, 1.165) is 35.8 Å². The van der Waals surface area contributed by atoms with Crippen molar-refractivity contribution in [3.63, 3.8) is 0 Å². The normalized spacial score (nSPS) is 13.9. The molecule has 3 aromatic rings. The van der Waals surface area contributed by atoms with Crippen LogP contribution in [-0.4, -0.2) is 23.0 Å². The number of benzene rings is 1. The number of aromatic nitrogens is 1. The van der Waals surface area contributed by atoms with E-state index in [4.69, 9.17) is 20.8 Å². The Morgan fingerprint density at radius 3 is 2.82 bits per heavy atom. The summed E-state index contributed by atoms with van der Waals surface area (Å²) in [5, 5.41) is 3.99. The van der Waals surface area contributed by atoms with E-state index < -0.39 is 18.0 Å². The number of carbonyl (C=O) groups excluding carboxylic acids is 2. The lowest BCUT2D eigenvalue weighted by molar-refractivity contribution is -0.152. The van der Waals surface area contributed by atoms with Crippen molar-refractivity contribution in [3.05, 3.63) is 58.4 Å². The van der Waals surface area contributed by atoms with Crippen LogP contribution in [0.2, 0.25) is 5.02 Å². The zero-order chi connectivity index (χ0) is 19.7. The third-order valence-electron chi connectivity index (χ3n) is 4.86. The Bertz CT molecular complexity index is 1040. The lowest BCUT2D eigenvalue weighted by Crippen LogP contribution is -2.30. The first-order chi connectivity index (χ1) is 13.5. The number of rotatable bonds is 5. The van der Waals surface area contributed by atoms with Gasteiger partial charge in [-0.05, 0) is 61.6 Å². The Kier molecular flexibility index (Phi) is 5.05. The predicted molar refractivity (Wildman–Crippen MR) is 105 cm³/mol. The van der Waals surface area contributed by atoms with Crippen molar-refractivity contribution in [2.45, 2.75) is 38.7 Å². The third-order valence-corrected chi connectivity index (χ3v) is 5.08. The zero-order valence-corrected chi connectivity index (χ0v) is 16.1. The molecule has 0 spiro atoms. The minimum absolute atomic E-state index is 0.0442. The fourth-order valence-corrected chi connectivity index (χ4v) is 3.52. The van der Waals surface area contributed by atoms with Crippen molar-refractivity contribution in [2.24, 2.45) is 0 Å². The Morgan fingerprint density at radius 1 is 1.29 bits per heavy atom. The van der Waals surface area contributed by atoms with Crippen LogP contribution in [0.1, 0.15) is 30.0 Å². The van der Waals surface area contributed by atoms with E-state index in [0.29, 0.717) is 10.8 Å². The maximum absolute atomic E-state index is 12.3. The Morgan fingerprint density at radius 2 is 2.07 bits per heavy atom. The summed E-state index contributed by atoms with van der Waals surface area (Å²) in [7, 11) is 0. The molecular formula is C21H19ClN2O4. The van der Waals surface area contributed by atoms with Gasteiger partial charge in [0.2, 0.25) is 0 Å². The third kappa shape index (κ3) is 3.87. The second kappa shape index (κ2) is 7.64. The minimum Gasteiger partial charge on any atom is -0.464 e. The zero-order valence-electron chi connectivity index (χ0n) is 15.3. The van der Waals surface area contributed by atoms with Crippen LogP contribution in [0.4, 0.5) is 5.82 Å². The molecule has 2 aromatic heterocycles. The quantitative estimate of drug-likeness (QED) is 0.655. The van der Waals surface area contributed by atoms with Gasteiger partial charge in [0.05, 0.1) is 17.7 Å². The number of ether oxygens (including phenoxy) is 1. The maximum atomic E-state index is 12.3. The maximum Gasteiger partial charge on any atom is 0.311 e. The van der Waals surface area contributed by atoms with Crippen molar-refractivity contribution >= 4 is 40.3 Å². The van der Waals surface area contributed by atoms with Crippen LogP contribution >= 0.6 is 11.6 Å². The number of aryl methyl sites for hydroxylation is 2. The van der Waals surface area contributed by atoms with Crippen LogP contribution in [0.5, 0.6) is 0 Å². The molecule has 7 heteroatoms. The van der Waals surface area contributed by atoms with E-state index in [9.17, 15) is 9.59 Å². The highest BCUT2D eigenvalue weighted by molar-refractivity contribution is 6.30. The van der Waals surface area contributed by atoms with Crippen LogP contribution in [0.3, 0.4) is 0 Å². The van der Waals surface area contributed by atoms with Gasteiger partial charge in [-0.3, -0.25) is 9.59 Å². The summed E-state index contributed by atoms with van der Waals surface area (Å²) < 4.78 is 10.9. The fraction of sp³-hybridized carbons (Fsp3) is 0.286. The molecule has 28 heavy (non-hydrogen) atoms. The van der Waals surface area contributed by atoms with Gasteiger partial charge in [-0.1, -0.05) is 11.6 Å². The average molecular weight is 399 g/mol. The molecular weight excluding hydrogens is 380 g/mol. The second-order valence-corrected chi connectivity index (χ2v) is 7.33. The highest BCUT2D eigenvalue weighted by Gasteiger charge is 2.21. The molecule has 1 aliphatic rings. The second-order valence-electron chi connectivity index (χ2n) is 6.89. The van der Waals surface area contributed by atoms with E-state index in [-0.39, 0.29) is 6.42 Å². The molecule has 0 saturated carbocycles. The molecule has 0 aliphatic heterocycles. The number of amides is 1. The number of esters is 1. The van der Waals surface area contributed by atoms with Crippen molar-refractivity contribution in [3.8, 4) is 0 Å². The number of halogens is 1. The summed E-state index contributed by atoms with van der Waals surface area (Å²) in [6.45, 7) is 1.52. The molecule has 4 rings (SSSR count). The highest BCUT2D eigenvalue weighted by atomic mass is 35.5. The summed E-state index contributed by atoms with van der Waals surface area (Å²) in [6.07, 6.45) is 5.37. The van der Waals surface area contributed by atoms with E-state index in [1.54, 1.807) is 18.4 Å². The standard InChI is InChI=1S/C21H19ClN2O4/c1-12(21(26)24-19-6-5-16(22)10-23-19)28-20(25)9-15-11-27-18-8-14-4-2-3-13(14)7-17(15)18/h5-8,10-12H,2-4,9H2,1H3,(H,23,24,26). The molecule has 1 atom stereocenters. The Balaban J connectivity index is 1.39. The van der Waals surface area contributed by atoms with Gasteiger partial charge in [0.25, 0.3) is 5.91 Å². The van der Waals surface area contributed by atoms with Gasteiger partial charge in [-0.2, -0.15) is 0 Å². The van der Waals surface area contributed by atoms with Crippen LogP contribution in [0.25, 0.3) is 11.0 Å². The van der Waals surface area contributed by atoms with Crippen LogP contribution in [0, 0.1) is 0 Å². The van der Waals surface area contributed by atoms with Crippen molar-refractivity contribution in [1.29, 1.82) is 0 Å². The number of hydrogen-bond acceptors (Lipinski definition) is 5. The molecule has 1 amide bonds. The number of pyridine rings is 1. The molecule has 2 heterocycles. The van der Waals surface area contributed by atoms with E-state index in [2.05, 4.69) is 22.4 Å². The molecule has 1 unspecified atom stereocenters. The monoisotopic (exact) mass is 398 g/mol. The van der Waals surface area contributed by atoms with E-state index >= 15 is 0 Å². The minimum atomic E-state index is -0.951. The van der Waals surface area contributed by atoms with E-state index in [1.807, 2.05) is 0 Å². The smallest absolute Gasteiger partial charge is 0.311 e. The van der Waals surface area contributed by atoms with Gasteiger partial charge in [0.15, 0.2) is 6.10 Å². The summed E-state index contributed by atoms with van der Waals surface area (Å²) in [5.41, 5.74) is 4.17. The first kappa shape index (κ1) is 18.5. The summed E-state index contributed by atoms with van der Waals surface area (Å²) >= 11 is 5.77. The largest absolute Gasteiger partial charge is 0.464 e. The SMILES string of the molecule is CC(OC(=O)Cc1coc2cc3c(cc12)CCC3)C(=O)Nc1ccc(Cl)cn1. The molecule has 6 nitrogen and oxygen atoms in total. The molecule has 0 radical (unpaired) electrons. The molecule has 1 aromatic carbocycles. The molecule has 1 aliphatic carbocycles. The Hall–Kier alpha value is -2.86. The fourth-order valence-electron chi connectivity index (χ4n) is 3.41. The number of carbonyl (C=O) groups is 2. The average Bonchev–Trinajstić information content (AvgIpc) is 3.28. The Labute approximate surface area is 166 Å². The van der Waals surface area contributed by atoms with Gasteiger partial charge >= 0.3 is 5.97 Å². The van der Waals surface area contributed by atoms with Gasteiger partial charge in [-0.25, -0.2) is 4.98 Å². The number of nitrogens with one attached hydrogen (secondary N) is 1. The predicted octanol–water partition coefficient (Wildman–Crippen LogP) is 4.08. The van der Waals surface area contributed by atoms with E-state index in [1.165, 1.54) is 24.2 Å². The molecule has 0 saturated heterocycles. The number of hydrogen-bond donors (Lipinski definition) is 1. The van der Waals surface area contributed by atoms with Gasteiger partial charge in [0.1, 0.15) is 11.4 Å². The van der Waals surface area contributed by atoms with Crippen LogP contribution in [0.15, 0.2) is 41.1 Å². The van der Waals surface area contributed by atoms with Gasteiger partial charge < -0.3 is 14.5 Å². The number of nitrogens with zero attached hydrogens (tertiary/aromatic N) is 1. The molecule has 0 fully saturated rings. The number of furan rings is 1. The molecule has 144 valence electrons. The summed E-state index contributed by atoms with van der Waals surface area (Å²) in [4.78, 5) is 28.5. The summed E-state index contributed by atoms with van der Waals surface area (Å²) in [6, 6.07) is 7.35. The first-order valence-electron chi connectivity index (χ1n) is 9.13. The first-order valence-corrected chi connectivity index (χ1v) is 9.51. The van der Waals surface area contributed by atoms with Crippen LogP contribution < -0.4 is 5.32 Å². The van der Waals surface area contributed by atoms with Gasteiger partial charge in [-0.15, -0.1) is 0 Å². The van der Waals surface area contributed by atoms with Gasteiger partial charge in [0, 0.05) is 17.1 Å². The van der Waals surface area contributed by atoms with Crippen LogP contribution in [-0.2, 0) is 33.6 Å². The number of fused-ring (bicyclic) bond motifs is 2. The molecule has 0 bridgehead atoms. The van der Waals surface area contributed by atoms with Crippen molar-refractivity contribution in [1.82, 2.24) is 4.98 Å². The molecule has 1 N–H and O–H groups in total. The lowest BCUT2D eigenvalue weighted by atomic mass is 10.0. The van der Waals surface area contributed by atoms with Crippen molar-refractivity contribution < 1.29 is 18.7 Å². The van der Waals surface area contributed by atoms with Crippen molar-refractivity contribution in [2.75, 3.05) is 5.32 Å². The number of anilines is 1. The summed E-state index contributed by atoms with van der Waals surface area (Å²) in [5.74, 6) is -0.611. The highest BCUT2D eigenvalue weighted by Crippen LogP contribution is 2.30. The lowest BCUT2D eigenvalue weighted by Gasteiger charge is -2.13. The topological polar surface area (TPSA) is 81.4 Å².